The van der Waals surface area contributed by atoms with Crippen LogP contribution in [0.4, 0.5) is 6.01 Å². The molecule has 6 nitrogen and oxygen atoms in total. The Hall–Kier alpha value is -1.14. The fourth-order valence-corrected chi connectivity index (χ4v) is 3.45. The zero-order valence-electron chi connectivity index (χ0n) is 12.2. The van der Waals surface area contributed by atoms with E-state index < -0.39 is 0 Å². The van der Waals surface area contributed by atoms with E-state index in [1.807, 2.05) is 0 Å². The zero-order valence-corrected chi connectivity index (χ0v) is 12.2. The van der Waals surface area contributed by atoms with Gasteiger partial charge in [0.15, 0.2) is 0 Å². The second-order valence-corrected chi connectivity index (χ2v) is 5.74. The Morgan fingerprint density at radius 2 is 2.20 bits per heavy atom. The molecule has 3 rings (SSSR count). The van der Waals surface area contributed by atoms with E-state index in [9.17, 15) is 0 Å². The van der Waals surface area contributed by atoms with Gasteiger partial charge in [-0.25, -0.2) is 0 Å². The molecule has 0 amide bonds. The van der Waals surface area contributed by atoms with Crippen LogP contribution in [0, 0.1) is 5.92 Å². The van der Waals surface area contributed by atoms with Gasteiger partial charge < -0.3 is 19.4 Å². The van der Waals surface area contributed by atoms with Crippen LogP contribution >= 0.6 is 0 Å². The number of anilines is 1. The molecule has 2 aliphatic rings. The molecule has 2 fully saturated rings. The Bertz CT molecular complexity index is 423. The summed E-state index contributed by atoms with van der Waals surface area (Å²) < 4.78 is 10.8. The molecule has 2 unspecified atom stereocenters. The topological polar surface area (TPSA) is 63.4 Å². The number of hydrogen-bond donors (Lipinski definition) is 1. The monoisotopic (exact) mass is 280 g/mol. The third-order valence-corrected chi connectivity index (χ3v) is 4.47. The first kappa shape index (κ1) is 13.8. The predicted octanol–water partition coefficient (Wildman–Crippen LogP) is 1.57. The minimum absolute atomic E-state index is 0.609. The Labute approximate surface area is 119 Å². The molecule has 1 saturated heterocycles. The molecule has 0 spiro atoms. The van der Waals surface area contributed by atoms with E-state index in [-0.39, 0.29) is 0 Å². The average Bonchev–Trinajstić information content (AvgIpc) is 3.10. The number of ether oxygens (including phenoxy) is 1. The fraction of sp³-hybridized carbons (Fsp3) is 0.857. The lowest BCUT2D eigenvalue weighted by Crippen LogP contribution is -2.34. The van der Waals surface area contributed by atoms with Gasteiger partial charge in [-0.3, -0.25) is 0 Å². The Balaban J connectivity index is 1.56. The minimum atomic E-state index is 0.609. The summed E-state index contributed by atoms with van der Waals surface area (Å²) in [6, 6.07) is 1.33. The van der Waals surface area contributed by atoms with Crippen LogP contribution in [0.3, 0.4) is 0 Å². The van der Waals surface area contributed by atoms with Crippen molar-refractivity contribution in [3.8, 4) is 0 Å². The summed E-state index contributed by atoms with van der Waals surface area (Å²) >= 11 is 0. The van der Waals surface area contributed by atoms with E-state index in [2.05, 4.69) is 20.4 Å². The first-order valence-electron chi connectivity index (χ1n) is 7.67. The average molecular weight is 280 g/mol. The molecule has 1 N–H and O–H groups in total. The number of nitrogens with one attached hydrogen (secondary N) is 1. The maximum Gasteiger partial charge on any atom is 0.318 e. The maximum atomic E-state index is 5.80. The number of fused-ring (bicyclic) bond motifs is 1. The molecule has 1 saturated carbocycles. The van der Waals surface area contributed by atoms with E-state index in [1.165, 1.54) is 32.1 Å². The van der Waals surface area contributed by atoms with Gasteiger partial charge in [0.1, 0.15) is 0 Å². The minimum Gasteiger partial charge on any atom is -0.407 e. The quantitative estimate of drug-likeness (QED) is 0.798. The van der Waals surface area contributed by atoms with Crippen molar-refractivity contribution in [2.24, 2.45) is 5.92 Å². The van der Waals surface area contributed by atoms with E-state index in [0.717, 1.165) is 19.0 Å². The molecular formula is C14H24N4O2. The highest BCUT2D eigenvalue weighted by Crippen LogP contribution is 2.38. The van der Waals surface area contributed by atoms with Crippen LogP contribution in [-0.2, 0) is 11.3 Å². The van der Waals surface area contributed by atoms with Crippen LogP contribution in [0.25, 0.3) is 0 Å². The molecule has 1 aliphatic carbocycles. The molecule has 6 heteroatoms. The third-order valence-electron chi connectivity index (χ3n) is 4.47. The molecule has 20 heavy (non-hydrogen) atoms. The van der Waals surface area contributed by atoms with E-state index >= 15 is 0 Å². The molecule has 2 heterocycles. The van der Waals surface area contributed by atoms with Gasteiger partial charge in [0, 0.05) is 26.2 Å². The van der Waals surface area contributed by atoms with Crippen LogP contribution in [0.15, 0.2) is 4.42 Å². The van der Waals surface area contributed by atoms with Gasteiger partial charge in [-0.1, -0.05) is 17.9 Å². The molecular weight excluding hydrogens is 256 g/mol. The van der Waals surface area contributed by atoms with E-state index in [4.69, 9.17) is 9.15 Å². The van der Waals surface area contributed by atoms with E-state index in [1.54, 1.807) is 7.11 Å². The first-order valence-corrected chi connectivity index (χ1v) is 7.67. The standard InChI is InChI=1S/C14H24N4O2/c1-19-9-7-15-10-13-16-17-14(20-13)18-8-6-11-4-2-3-5-12(11)18/h11-12,15H,2-10H2,1H3. The fourth-order valence-electron chi connectivity index (χ4n) is 3.45. The summed E-state index contributed by atoms with van der Waals surface area (Å²) in [5.41, 5.74) is 0. The van der Waals surface area contributed by atoms with Crippen LogP contribution in [0.5, 0.6) is 0 Å². The second kappa shape index (κ2) is 6.54. The molecule has 0 bridgehead atoms. The number of rotatable bonds is 6. The summed E-state index contributed by atoms with van der Waals surface area (Å²) in [7, 11) is 1.69. The maximum absolute atomic E-state index is 5.80. The Morgan fingerprint density at radius 1 is 1.30 bits per heavy atom. The summed E-state index contributed by atoms with van der Waals surface area (Å²) in [6.07, 6.45) is 6.62. The van der Waals surface area contributed by atoms with Crippen LogP contribution in [-0.4, -0.2) is 43.0 Å². The highest BCUT2D eigenvalue weighted by atomic mass is 16.5. The van der Waals surface area contributed by atoms with Gasteiger partial charge in [-0.2, -0.15) is 0 Å². The van der Waals surface area contributed by atoms with Gasteiger partial charge in [0.2, 0.25) is 5.89 Å². The molecule has 0 aromatic carbocycles. The molecule has 1 aromatic rings. The van der Waals surface area contributed by atoms with Crippen LogP contribution < -0.4 is 10.2 Å². The lowest BCUT2D eigenvalue weighted by Gasteiger charge is -2.30. The summed E-state index contributed by atoms with van der Waals surface area (Å²) in [4.78, 5) is 2.33. The largest absolute Gasteiger partial charge is 0.407 e. The van der Waals surface area contributed by atoms with Gasteiger partial charge in [0.25, 0.3) is 0 Å². The van der Waals surface area contributed by atoms with Crippen molar-refractivity contribution in [1.82, 2.24) is 15.5 Å². The number of aromatic nitrogens is 2. The van der Waals surface area contributed by atoms with Crippen molar-refractivity contribution in [2.45, 2.75) is 44.7 Å². The molecule has 0 radical (unpaired) electrons. The highest BCUT2D eigenvalue weighted by Gasteiger charge is 2.37. The summed E-state index contributed by atoms with van der Waals surface area (Å²) in [5.74, 6) is 1.49. The predicted molar refractivity (Wildman–Crippen MR) is 75.6 cm³/mol. The lowest BCUT2D eigenvalue weighted by atomic mass is 9.85. The Morgan fingerprint density at radius 3 is 3.10 bits per heavy atom. The van der Waals surface area contributed by atoms with Crippen LogP contribution in [0.2, 0.25) is 0 Å². The summed E-state index contributed by atoms with van der Waals surface area (Å²) in [6.45, 7) is 3.16. The van der Waals surface area contributed by atoms with Crippen molar-refractivity contribution in [3.63, 3.8) is 0 Å². The highest BCUT2D eigenvalue weighted by molar-refractivity contribution is 5.30. The van der Waals surface area contributed by atoms with E-state index in [0.29, 0.717) is 31.1 Å². The van der Waals surface area contributed by atoms with Crippen molar-refractivity contribution in [1.29, 1.82) is 0 Å². The SMILES string of the molecule is COCCNCc1nnc(N2CCC3CCCCC32)o1. The number of methoxy groups -OCH3 is 1. The van der Waals surface area contributed by atoms with Crippen molar-refractivity contribution in [3.05, 3.63) is 5.89 Å². The first-order chi connectivity index (χ1) is 9.88. The smallest absolute Gasteiger partial charge is 0.318 e. The van der Waals surface area contributed by atoms with Gasteiger partial charge in [0.05, 0.1) is 13.2 Å². The van der Waals surface area contributed by atoms with Crippen molar-refractivity contribution >= 4 is 6.01 Å². The Kier molecular flexibility index (Phi) is 4.52. The number of nitrogens with zero attached hydrogens (tertiary/aromatic N) is 3. The summed E-state index contributed by atoms with van der Waals surface area (Å²) in [5, 5.41) is 11.6. The normalized spacial score (nSPS) is 25.9. The molecule has 1 aliphatic heterocycles. The molecule has 112 valence electrons. The van der Waals surface area contributed by atoms with Crippen molar-refractivity contribution in [2.75, 3.05) is 31.7 Å². The van der Waals surface area contributed by atoms with Gasteiger partial charge >= 0.3 is 6.01 Å². The van der Waals surface area contributed by atoms with Gasteiger partial charge in [-0.15, -0.1) is 5.10 Å². The number of hydrogen-bond acceptors (Lipinski definition) is 6. The lowest BCUT2D eigenvalue weighted by molar-refractivity contribution is 0.198. The molecule has 2 atom stereocenters. The van der Waals surface area contributed by atoms with Crippen molar-refractivity contribution < 1.29 is 9.15 Å². The molecule has 1 aromatic heterocycles. The zero-order chi connectivity index (χ0) is 13.8. The second-order valence-electron chi connectivity index (χ2n) is 5.74. The van der Waals surface area contributed by atoms with Crippen LogP contribution in [0.1, 0.15) is 38.0 Å². The van der Waals surface area contributed by atoms with Gasteiger partial charge in [-0.05, 0) is 25.2 Å². The third kappa shape index (κ3) is 2.96.